The van der Waals surface area contributed by atoms with Gasteiger partial charge in [-0.05, 0) is 82.5 Å². The standard InChI is InChI=1S/C20H30O4/c1-14(2)19(22)23-7-5-3-4-6-18(21)24-20-11-15-8-16(12-20)10-17(9-15)13-20/h15-17H,1,3-13H2,2H3. The van der Waals surface area contributed by atoms with Crippen molar-refractivity contribution in [3.63, 3.8) is 0 Å². The SMILES string of the molecule is C=C(C)C(=O)OCCCCCC(=O)OC12CC3CC(CC(C3)C1)C2. The molecular formula is C20H30O4. The van der Waals surface area contributed by atoms with E-state index in [1.165, 1.54) is 19.3 Å². The van der Waals surface area contributed by atoms with Crippen LogP contribution in [0, 0.1) is 17.8 Å². The highest BCUT2D eigenvalue weighted by Crippen LogP contribution is 2.57. The van der Waals surface area contributed by atoms with Crippen LogP contribution >= 0.6 is 0 Å². The normalized spacial score (nSPS) is 33.3. The van der Waals surface area contributed by atoms with Gasteiger partial charge in [0, 0.05) is 12.0 Å². The summed E-state index contributed by atoms with van der Waals surface area (Å²) in [5.74, 6) is 2.03. The second kappa shape index (κ2) is 7.28. The van der Waals surface area contributed by atoms with E-state index < -0.39 is 0 Å². The summed E-state index contributed by atoms with van der Waals surface area (Å²) in [7, 11) is 0. The van der Waals surface area contributed by atoms with Gasteiger partial charge in [-0.1, -0.05) is 6.58 Å². The van der Waals surface area contributed by atoms with Crippen LogP contribution in [0.2, 0.25) is 0 Å². The van der Waals surface area contributed by atoms with Crippen LogP contribution in [0.25, 0.3) is 0 Å². The van der Waals surface area contributed by atoms with Gasteiger partial charge in [-0.3, -0.25) is 4.79 Å². The van der Waals surface area contributed by atoms with Crippen LogP contribution in [0.4, 0.5) is 0 Å². The Balaban J connectivity index is 1.32. The molecule has 4 aliphatic carbocycles. The second-order valence-corrected chi connectivity index (χ2v) is 8.30. The number of hydrogen-bond donors (Lipinski definition) is 0. The van der Waals surface area contributed by atoms with Crippen molar-refractivity contribution in [1.82, 2.24) is 0 Å². The molecule has 24 heavy (non-hydrogen) atoms. The maximum atomic E-state index is 12.2. The van der Waals surface area contributed by atoms with E-state index in [0.717, 1.165) is 56.3 Å². The molecule has 0 atom stereocenters. The molecule has 0 aliphatic heterocycles. The quantitative estimate of drug-likeness (QED) is 0.380. The third kappa shape index (κ3) is 4.20. The number of unbranched alkanes of at least 4 members (excludes halogenated alkanes) is 2. The minimum Gasteiger partial charge on any atom is -0.462 e. The molecule has 0 N–H and O–H groups in total. The van der Waals surface area contributed by atoms with Crippen molar-refractivity contribution >= 4 is 11.9 Å². The molecule has 0 amide bonds. The highest BCUT2D eigenvalue weighted by molar-refractivity contribution is 5.86. The maximum Gasteiger partial charge on any atom is 0.333 e. The third-order valence-corrected chi connectivity index (χ3v) is 5.92. The molecule has 134 valence electrons. The Hall–Kier alpha value is -1.32. The summed E-state index contributed by atoms with van der Waals surface area (Å²) in [6.45, 7) is 5.59. The van der Waals surface area contributed by atoms with E-state index in [1.807, 2.05) is 0 Å². The van der Waals surface area contributed by atoms with Crippen LogP contribution < -0.4 is 0 Å². The Labute approximate surface area is 145 Å². The van der Waals surface area contributed by atoms with Crippen LogP contribution in [-0.2, 0) is 19.1 Å². The summed E-state index contributed by atoms with van der Waals surface area (Å²) >= 11 is 0. The number of esters is 2. The molecule has 0 spiro atoms. The Bertz CT molecular complexity index is 472. The lowest BCUT2D eigenvalue weighted by Crippen LogP contribution is -2.52. The van der Waals surface area contributed by atoms with Crippen molar-refractivity contribution in [2.45, 2.75) is 76.7 Å². The number of carbonyl (C=O) groups excluding carboxylic acids is 2. The Morgan fingerprint density at radius 2 is 1.58 bits per heavy atom. The monoisotopic (exact) mass is 334 g/mol. The van der Waals surface area contributed by atoms with Gasteiger partial charge in [-0.2, -0.15) is 0 Å². The molecule has 4 bridgehead atoms. The van der Waals surface area contributed by atoms with Crippen LogP contribution in [0.3, 0.4) is 0 Å². The van der Waals surface area contributed by atoms with E-state index in [4.69, 9.17) is 9.47 Å². The zero-order valence-corrected chi connectivity index (χ0v) is 14.9. The van der Waals surface area contributed by atoms with Gasteiger partial charge in [0.15, 0.2) is 0 Å². The molecule has 0 aromatic rings. The van der Waals surface area contributed by atoms with Crippen LogP contribution in [0.15, 0.2) is 12.2 Å². The Morgan fingerprint density at radius 1 is 1.00 bits per heavy atom. The van der Waals surface area contributed by atoms with Crippen LogP contribution in [0.1, 0.15) is 71.1 Å². The summed E-state index contributed by atoms with van der Waals surface area (Å²) in [6, 6.07) is 0. The van der Waals surface area contributed by atoms with Gasteiger partial charge in [0.25, 0.3) is 0 Å². The van der Waals surface area contributed by atoms with Crippen molar-refractivity contribution in [3.8, 4) is 0 Å². The first kappa shape index (κ1) is 17.5. The Morgan fingerprint density at radius 3 is 2.12 bits per heavy atom. The largest absolute Gasteiger partial charge is 0.462 e. The van der Waals surface area contributed by atoms with Crippen molar-refractivity contribution in [3.05, 3.63) is 12.2 Å². The number of ether oxygens (including phenoxy) is 2. The summed E-state index contributed by atoms with van der Waals surface area (Å²) in [6.07, 6.45) is 10.3. The molecule has 0 aromatic heterocycles. The smallest absolute Gasteiger partial charge is 0.333 e. The first-order chi connectivity index (χ1) is 11.5. The van der Waals surface area contributed by atoms with E-state index in [9.17, 15) is 9.59 Å². The average molecular weight is 334 g/mol. The molecule has 4 nitrogen and oxygen atoms in total. The second-order valence-electron chi connectivity index (χ2n) is 8.30. The van der Waals surface area contributed by atoms with E-state index in [0.29, 0.717) is 18.6 Å². The van der Waals surface area contributed by atoms with Gasteiger partial charge < -0.3 is 9.47 Å². The average Bonchev–Trinajstić information content (AvgIpc) is 2.48. The first-order valence-electron chi connectivity index (χ1n) is 9.50. The fourth-order valence-corrected chi connectivity index (χ4v) is 5.28. The molecule has 0 saturated heterocycles. The fraction of sp³-hybridized carbons (Fsp3) is 0.800. The zero-order valence-electron chi connectivity index (χ0n) is 14.9. The van der Waals surface area contributed by atoms with Gasteiger partial charge in [0.2, 0.25) is 0 Å². The molecule has 0 heterocycles. The van der Waals surface area contributed by atoms with Gasteiger partial charge in [-0.15, -0.1) is 0 Å². The topological polar surface area (TPSA) is 52.6 Å². The molecular weight excluding hydrogens is 304 g/mol. The molecule has 0 radical (unpaired) electrons. The summed E-state index contributed by atoms with van der Waals surface area (Å²) < 4.78 is 11.0. The van der Waals surface area contributed by atoms with Crippen molar-refractivity contribution in [1.29, 1.82) is 0 Å². The van der Waals surface area contributed by atoms with Crippen molar-refractivity contribution in [2.24, 2.45) is 17.8 Å². The lowest BCUT2D eigenvalue weighted by atomic mass is 9.54. The van der Waals surface area contributed by atoms with E-state index in [1.54, 1.807) is 6.92 Å². The van der Waals surface area contributed by atoms with Gasteiger partial charge in [0.05, 0.1) is 6.61 Å². The number of hydrogen-bond acceptors (Lipinski definition) is 4. The molecule has 4 rings (SSSR count). The minimum absolute atomic E-state index is 0.0316. The maximum absolute atomic E-state index is 12.2. The molecule has 0 unspecified atom stereocenters. The van der Waals surface area contributed by atoms with Crippen molar-refractivity contribution in [2.75, 3.05) is 6.61 Å². The van der Waals surface area contributed by atoms with E-state index in [-0.39, 0.29) is 17.5 Å². The van der Waals surface area contributed by atoms with E-state index in [2.05, 4.69) is 6.58 Å². The molecule has 4 saturated carbocycles. The van der Waals surface area contributed by atoms with Gasteiger partial charge in [0.1, 0.15) is 5.60 Å². The van der Waals surface area contributed by atoms with Gasteiger partial charge in [-0.25, -0.2) is 4.79 Å². The zero-order chi connectivity index (χ0) is 17.2. The van der Waals surface area contributed by atoms with Crippen molar-refractivity contribution < 1.29 is 19.1 Å². The third-order valence-electron chi connectivity index (χ3n) is 5.92. The lowest BCUT2D eigenvalue weighted by molar-refractivity contribution is -0.186. The number of rotatable bonds is 8. The number of carbonyl (C=O) groups is 2. The van der Waals surface area contributed by atoms with E-state index >= 15 is 0 Å². The van der Waals surface area contributed by atoms with Crippen LogP contribution in [-0.4, -0.2) is 24.1 Å². The Kier molecular flexibility index (Phi) is 5.31. The first-order valence-corrected chi connectivity index (χ1v) is 9.50. The molecule has 0 aromatic carbocycles. The predicted octanol–water partition coefficient (Wildman–Crippen LogP) is 4.18. The molecule has 4 fully saturated rings. The predicted molar refractivity (Wildman–Crippen MR) is 91.2 cm³/mol. The minimum atomic E-state index is -0.337. The molecule has 4 aliphatic rings. The lowest BCUT2D eigenvalue weighted by Gasteiger charge is -2.55. The van der Waals surface area contributed by atoms with Crippen LogP contribution in [0.5, 0.6) is 0 Å². The molecule has 4 heteroatoms. The highest BCUT2D eigenvalue weighted by Gasteiger charge is 2.53. The summed E-state index contributed by atoms with van der Waals surface area (Å²) in [4.78, 5) is 23.5. The fourth-order valence-electron chi connectivity index (χ4n) is 5.28. The summed E-state index contributed by atoms with van der Waals surface area (Å²) in [5.41, 5.74) is 0.303. The summed E-state index contributed by atoms with van der Waals surface area (Å²) in [5, 5.41) is 0. The highest BCUT2D eigenvalue weighted by atomic mass is 16.6. The van der Waals surface area contributed by atoms with Gasteiger partial charge >= 0.3 is 11.9 Å².